The number of nitrogens with two attached hydrogens (primary N) is 1. The topological polar surface area (TPSA) is 161 Å². The number of amides is 1. The molecule has 0 spiro atoms. The summed E-state index contributed by atoms with van der Waals surface area (Å²) in [6.45, 7) is 3.35. The molecule has 4 rings (SSSR count). The number of aromatic amines is 2. The Morgan fingerprint density at radius 1 is 1.12 bits per heavy atom. The lowest BCUT2D eigenvalue weighted by Crippen LogP contribution is -2.10. The number of primary amides is 1. The van der Waals surface area contributed by atoms with E-state index < -0.39 is 10.8 Å². The van der Waals surface area contributed by atoms with Crippen molar-refractivity contribution in [1.82, 2.24) is 20.2 Å². The first-order chi connectivity index (χ1) is 15.2. The Bertz CT molecular complexity index is 1390. The minimum Gasteiger partial charge on any atom is -0.364 e. The number of nitro groups is 1. The number of aromatic nitrogens is 4. The van der Waals surface area contributed by atoms with E-state index in [1.807, 2.05) is 13.0 Å². The molecule has 4 aromatic rings. The van der Waals surface area contributed by atoms with E-state index in [-0.39, 0.29) is 22.9 Å². The number of nitro benzene ring substituents is 1. The molecule has 2 heterocycles. The number of nitrogens with one attached hydrogen (secondary N) is 2. The Morgan fingerprint density at radius 3 is 2.56 bits per heavy atom. The van der Waals surface area contributed by atoms with Gasteiger partial charge in [-0.2, -0.15) is 0 Å². The molecule has 2 aromatic heterocycles. The monoisotopic (exact) mass is 450 g/mol. The SMILES string of the molecule is CC(=O)CSc1nnc(-c2cc(-c3ccc4[nH]c(C(N)=O)cc4c3C)cc([N+](=O)[O-])c2)[nH]1. The molecular weight excluding hydrogens is 432 g/mol. The predicted octanol–water partition coefficient (Wildman–Crippen LogP) is 3.62. The molecule has 162 valence electrons. The number of hydrogen-bond acceptors (Lipinski definition) is 7. The zero-order chi connectivity index (χ0) is 23.0. The highest BCUT2D eigenvalue weighted by Gasteiger charge is 2.17. The highest BCUT2D eigenvalue weighted by molar-refractivity contribution is 7.99. The average molecular weight is 450 g/mol. The Labute approximate surface area is 185 Å². The summed E-state index contributed by atoms with van der Waals surface area (Å²) in [6.07, 6.45) is 0. The molecule has 4 N–H and O–H groups in total. The van der Waals surface area contributed by atoms with Gasteiger partial charge in [0.15, 0.2) is 11.0 Å². The van der Waals surface area contributed by atoms with Crippen molar-refractivity contribution in [3.05, 3.63) is 57.8 Å². The molecule has 0 atom stereocenters. The number of aryl methyl sites for hydroxylation is 1. The number of carbonyl (C=O) groups excluding carboxylic acids is 2. The molecule has 0 saturated heterocycles. The van der Waals surface area contributed by atoms with Crippen molar-refractivity contribution < 1.29 is 14.5 Å². The van der Waals surface area contributed by atoms with Crippen molar-refractivity contribution in [2.45, 2.75) is 19.0 Å². The molecule has 0 saturated carbocycles. The third-order valence-electron chi connectivity index (χ3n) is 4.93. The van der Waals surface area contributed by atoms with Gasteiger partial charge < -0.3 is 15.7 Å². The van der Waals surface area contributed by atoms with Crippen LogP contribution < -0.4 is 5.73 Å². The molecule has 10 nitrogen and oxygen atoms in total. The van der Waals surface area contributed by atoms with Crippen LogP contribution in [-0.4, -0.2) is 42.5 Å². The van der Waals surface area contributed by atoms with E-state index in [2.05, 4.69) is 20.2 Å². The Morgan fingerprint density at radius 2 is 1.88 bits per heavy atom. The molecule has 2 aromatic carbocycles. The van der Waals surface area contributed by atoms with Gasteiger partial charge in [-0.15, -0.1) is 10.2 Å². The van der Waals surface area contributed by atoms with Gasteiger partial charge in [-0.1, -0.05) is 17.8 Å². The summed E-state index contributed by atoms with van der Waals surface area (Å²) in [5.41, 5.74) is 9.02. The largest absolute Gasteiger partial charge is 0.364 e. The third kappa shape index (κ3) is 4.10. The van der Waals surface area contributed by atoms with Crippen molar-refractivity contribution in [3.8, 4) is 22.5 Å². The molecule has 0 fully saturated rings. The van der Waals surface area contributed by atoms with Gasteiger partial charge >= 0.3 is 0 Å². The quantitative estimate of drug-likeness (QED) is 0.220. The summed E-state index contributed by atoms with van der Waals surface area (Å²) in [7, 11) is 0. The number of H-pyrrole nitrogens is 2. The molecule has 1 amide bonds. The first kappa shape index (κ1) is 21.2. The molecule has 0 aliphatic heterocycles. The second-order valence-electron chi connectivity index (χ2n) is 7.24. The van der Waals surface area contributed by atoms with Crippen LogP contribution in [-0.2, 0) is 4.79 Å². The lowest BCUT2D eigenvalue weighted by atomic mass is 9.95. The van der Waals surface area contributed by atoms with Crippen LogP contribution in [0.5, 0.6) is 0 Å². The maximum atomic E-state index is 11.6. The zero-order valence-electron chi connectivity index (χ0n) is 17.1. The number of non-ortho nitro benzene ring substituents is 1. The minimum absolute atomic E-state index is 0.000650. The summed E-state index contributed by atoms with van der Waals surface area (Å²) in [5.74, 6) is 0.0412. The van der Waals surface area contributed by atoms with Crippen molar-refractivity contribution in [1.29, 1.82) is 0 Å². The van der Waals surface area contributed by atoms with Gasteiger partial charge in [0.2, 0.25) is 0 Å². The smallest absolute Gasteiger partial charge is 0.270 e. The minimum atomic E-state index is -0.566. The van der Waals surface area contributed by atoms with Crippen LogP contribution in [0.4, 0.5) is 5.69 Å². The van der Waals surface area contributed by atoms with Crippen molar-refractivity contribution in [3.63, 3.8) is 0 Å². The van der Waals surface area contributed by atoms with E-state index >= 15 is 0 Å². The van der Waals surface area contributed by atoms with Crippen molar-refractivity contribution in [2.75, 3.05) is 5.75 Å². The highest BCUT2D eigenvalue weighted by Crippen LogP contribution is 2.35. The van der Waals surface area contributed by atoms with Crippen LogP contribution in [0.2, 0.25) is 0 Å². The van der Waals surface area contributed by atoms with Gasteiger partial charge in [-0.05, 0) is 48.7 Å². The van der Waals surface area contributed by atoms with Crippen LogP contribution in [0.1, 0.15) is 23.0 Å². The number of Topliss-reactive ketones (excluding diaryl/α,β-unsaturated/α-hetero) is 1. The number of nitrogens with zero attached hydrogens (tertiary/aromatic N) is 3. The normalized spacial score (nSPS) is 11.1. The molecule has 0 radical (unpaired) electrons. The Kier molecular flexibility index (Phi) is 5.49. The summed E-state index contributed by atoms with van der Waals surface area (Å²) in [4.78, 5) is 39.8. The number of ketones is 1. The number of carbonyl (C=O) groups is 2. The maximum Gasteiger partial charge on any atom is 0.270 e. The van der Waals surface area contributed by atoms with Crippen LogP contribution in [0.3, 0.4) is 0 Å². The maximum absolute atomic E-state index is 11.6. The van der Waals surface area contributed by atoms with E-state index in [0.717, 1.165) is 22.0 Å². The number of hydrogen-bond donors (Lipinski definition) is 3. The first-order valence-corrected chi connectivity index (χ1v) is 10.5. The summed E-state index contributed by atoms with van der Waals surface area (Å²) in [5, 5.41) is 20.9. The Hall–Kier alpha value is -3.99. The van der Waals surface area contributed by atoms with Crippen molar-refractivity contribution in [2.24, 2.45) is 5.73 Å². The van der Waals surface area contributed by atoms with E-state index in [4.69, 9.17) is 5.73 Å². The van der Waals surface area contributed by atoms with E-state index in [0.29, 0.717) is 22.1 Å². The number of rotatable bonds is 7. The van der Waals surface area contributed by atoms with E-state index in [1.54, 1.807) is 18.2 Å². The lowest BCUT2D eigenvalue weighted by molar-refractivity contribution is -0.384. The fourth-order valence-electron chi connectivity index (χ4n) is 3.41. The molecule has 0 aliphatic carbocycles. The molecule has 0 bridgehead atoms. The standard InChI is InChI=1S/C21H18N6O4S/c1-10(28)9-32-21-24-20(25-26-21)13-5-12(6-14(7-13)27(30)31)15-3-4-17-16(11(15)2)8-18(23-17)19(22)29/h3-8,23H,9H2,1-2H3,(H2,22,29)(H,24,25,26). The fraction of sp³-hybridized carbons (Fsp3) is 0.143. The second kappa shape index (κ2) is 8.27. The van der Waals surface area contributed by atoms with Crippen molar-refractivity contribution >= 4 is 40.0 Å². The zero-order valence-corrected chi connectivity index (χ0v) is 17.9. The molecular formula is C21H18N6O4S. The number of fused-ring (bicyclic) bond motifs is 1. The number of thioether (sulfide) groups is 1. The van der Waals surface area contributed by atoms with Gasteiger partial charge in [0.25, 0.3) is 11.6 Å². The van der Waals surface area contributed by atoms with Crippen LogP contribution >= 0.6 is 11.8 Å². The second-order valence-corrected chi connectivity index (χ2v) is 8.21. The van der Waals surface area contributed by atoms with E-state index in [1.165, 1.54) is 30.8 Å². The third-order valence-corrected chi connectivity index (χ3v) is 5.94. The van der Waals surface area contributed by atoms with Gasteiger partial charge in [-0.25, -0.2) is 0 Å². The lowest BCUT2D eigenvalue weighted by Gasteiger charge is -2.09. The van der Waals surface area contributed by atoms with Crippen LogP contribution in [0.25, 0.3) is 33.4 Å². The number of benzene rings is 2. The van der Waals surface area contributed by atoms with Crippen LogP contribution in [0, 0.1) is 17.0 Å². The molecule has 0 aliphatic rings. The molecule has 11 heteroatoms. The van der Waals surface area contributed by atoms with Gasteiger partial charge in [0.1, 0.15) is 11.5 Å². The fourth-order valence-corrected chi connectivity index (χ4v) is 4.02. The van der Waals surface area contributed by atoms with E-state index in [9.17, 15) is 19.7 Å². The average Bonchev–Trinajstić information content (AvgIpc) is 3.40. The van der Waals surface area contributed by atoms with Gasteiger partial charge in [0, 0.05) is 28.6 Å². The summed E-state index contributed by atoms with van der Waals surface area (Å²) in [6, 6.07) is 9.98. The summed E-state index contributed by atoms with van der Waals surface area (Å²) < 4.78 is 0. The van der Waals surface area contributed by atoms with Gasteiger partial charge in [0.05, 0.1) is 10.7 Å². The van der Waals surface area contributed by atoms with Crippen LogP contribution in [0.15, 0.2) is 41.6 Å². The predicted molar refractivity (Wildman–Crippen MR) is 120 cm³/mol. The summed E-state index contributed by atoms with van der Waals surface area (Å²) >= 11 is 1.21. The Balaban J connectivity index is 1.81. The van der Waals surface area contributed by atoms with Gasteiger partial charge in [-0.3, -0.25) is 19.7 Å². The highest BCUT2D eigenvalue weighted by atomic mass is 32.2. The first-order valence-electron chi connectivity index (χ1n) is 9.50. The molecule has 32 heavy (non-hydrogen) atoms. The molecule has 0 unspecified atom stereocenters.